The van der Waals surface area contributed by atoms with Gasteiger partial charge in [-0.15, -0.1) is 0 Å². The highest BCUT2D eigenvalue weighted by Gasteiger charge is 2.48. The van der Waals surface area contributed by atoms with Gasteiger partial charge >= 0.3 is 0 Å². The predicted molar refractivity (Wildman–Crippen MR) is 84.1 cm³/mol. The SMILES string of the molecule is COC1=C(OC)CC2C=NCC3(Cc4ccccc4O3)C2=C1. The molecule has 0 bridgehead atoms. The van der Waals surface area contributed by atoms with Crippen LogP contribution in [0.3, 0.4) is 0 Å². The Hall–Kier alpha value is -2.23. The Balaban J connectivity index is 1.78. The largest absolute Gasteiger partial charge is 0.497 e. The van der Waals surface area contributed by atoms with Crippen LogP contribution in [0.25, 0.3) is 0 Å². The minimum atomic E-state index is -0.369. The highest BCUT2D eigenvalue weighted by Crippen LogP contribution is 2.46. The van der Waals surface area contributed by atoms with Crippen LogP contribution in [-0.2, 0) is 15.9 Å². The van der Waals surface area contributed by atoms with Gasteiger partial charge in [0.2, 0.25) is 0 Å². The first kappa shape index (κ1) is 13.4. The van der Waals surface area contributed by atoms with E-state index in [2.05, 4.69) is 23.2 Å². The number of ether oxygens (including phenoxy) is 3. The summed E-state index contributed by atoms with van der Waals surface area (Å²) >= 11 is 0. The van der Waals surface area contributed by atoms with Crippen molar-refractivity contribution in [3.05, 3.63) is 53.0 Å². The molecule has 2 atom stereocenters. The summed E-state index contributed by atoms with van der Waals surface area (Å²) in [5.41, 5.74) is 2.13. The lowest BCUT2D eigenvalue weighted by Crippen LogP contribution is -2.46. The van der Waals surface area contributed by atoms with E-state index in [9.17, 15) is 0 Å². The molecular weight excluding hydrogens is 278 g/mol. The lowest BCUT2D eigenvalue weighted by atomic mass is 9.75. The van der Waals surface area contributed by atoms with E-state index >= 15 is 0 Å². The van der Waals surface area contributed by atoms with Crippen molar-refractivity contribution in [2.24, 2.45) is 10.9 Å². The molecule has 0 radical (unpaired) electrons. The van der Waals surface area contributed by atoms with Crippen molar-refractivity contribution < 1.29 is 14.2 Å². The smallest absolute Gasteiger partial charge is 0.156 e. The predicted octanol–water partition coefficient (Wildman–Crippen LogP) is 2.90. The van der Waals surface area contributed by atoms with Gasteiger partial charge in [-0.2, -0.15) is 0 Å². The average Bonchev–Trinajstić information content (AvgIpc) is 2.92. The number of fused-ring (bicyclic) bond motifs is 3. The summed E-state index contributed by atoms with van der Waals surface area (Å²) in [6, 6.07) is 8.24. The Morgan fingerprint density at radius 3 is 2.86 bits per heavy atom. The van der Waals surface area contributed by atoms with E-state index in [1.165, 1.54) is 11.1 Å². The maximum Gasteiger partial charge on any atom is 0.156 e. The molecule has 0 fully saturated rings. The lowest BCUT2D eigenvalue weighted by molar-refractivity contribution is 0.124. The van der Waals surface area contributed by atoms with Crippen LogP contribution in [0.1, 0.15) is 12.0 Å². The summed E-state index contributed by atoms with van der Waals surface area (Å²) < 4.78 is 17.3. The third-order valence-corrected chi connectivity index (χ3v) is 4.74. The Kier molecular flexibility index (Phi) is 2.99. The number of hydrogen-bond donors (Lipinski definition) is 0. The molecule has 4 nitrogen and oxygen atoms in total. The van der Waals surface area contributed by atoms with Crippen molar-refractivity contribution in [3.63, 3.8) is 0 Å². The Bertz CT molecular complexity index is 677. The highest BCUT2D eigenvalue weighted by molar-refractivity contribution is 5.71. The molecule has 0 saturated heterocycles. The van der Waals surface area contributed by atoms with Crippen LogP contribution in [0.4, 0.5) is 0 Å². The minimum Gasteiger partial charge on any atom is -0.497 e. The molecule has 2 heterocycles. The summed E-state index contributed by atoms with van der Waals surface area (Å²) in [4.78, 5) is 4.59. The zero-order chi connectivity index (χ0) is 15.2. The molecule has 0 aromatic heterocycles. The molecule has 2 unspecified atom stereocenters. The number of benzene rings is 1. The molecule has 0 saturated carbocycles. The first-order valence-corrected chi connectivity index (χ1v) is 7.56. The van der Waals surface area contributed by atoms with Gasteiger partial charge in [-0.1, -0.05) is 18.2 Å². The molecule has 114 valence electrons. The third-order valence-electron chi connectivity index (χ3n) is 4.74. The molecule has 4 heteroatoms. The van der Waals surface area contributed by atoms with Crippen molar-refractivity contribution >= 4 is 6.21 Å². The van der Waals surface area contributed by atoms with Crippen LogP contribution < -0.4 is 4.74 Å². The van der Waals surface area contributed by atoms with Crippen LogP contribution in [0, 0.1) is 5.92 Å². The van der Waals surface area contributed by atoms with E-state index in [0.29, 0.717) is 6.54 Å². The van der Waals surface area contributed by atoms with Crippen molar-refractivity contribution in [2.75, 3.05) is 20.8 Å². The van der Waals surface area contributed by atoms with Gasteiger partial charge in [-0.25, -0.2) is 0 Å². The maximum atomic E-state index is 6.37. The number of allylic oxidation sites excluding steroid dienone is 2. The van der Waals surface area contributed by atoms with Crippen molar-refractivity contribution in [3.8, 4) is 5.75 Å². The van der Waals surface area contributed by atoms with E-state index in [0.717, 1.165) is 30.1 Å². The van der Waals surface area contributed by atoms with Crippen molar-refractivity contribution in [2.45, 2.75) is 18.4 Å². The van der Waals surface area contributed by atoms with Crippen molar-refractivity contribution in [1.82, 2.24) is 0 Å². The Morgan fingerprint density at radius 1 is 1.23 bits per heavy atom. The minimum absolute atomic E-state index is 0.219. The monoisotopic (exact) mass is 297 g/mol. The van der Waals surface area contributed by atoms with E-state index in [-0.39, 0.29) is 11.5 Å². The maximum absolute atomic E-state index is 6.37. The van der Waals surface area contributed by atoms with Gasteiger partial charge in [0.15, 0.2) is 11.4 Å². The second kappa shape index (κ2) is 4.90. The van der Waals surface area contributed by atoms with E-state index < -0.39 is 0 Å². The lowest BCUT2D eigenvalue weighted by Gasteiger charge is -2.38. The fourth-order valence-electron chi connectivity index (χ4n) is 3.67. The molecule has 4 rings (SSSR count). The zero-order valence-electron chi connectivity index (χ0n) is 12.8. The van der Waals surface area contributed by atoms with E-state index in [4.69, 9.17) is 14.2 Å². The van der Waals surface area contributed by atoms with E-state index in [1.54, 1.807) is 14.2 Å². The van der Waals surface area contributed by atoms with Crippen LogP contribution >= 0.6 is 0 Å². The fourth-order valence-corrected chi connectivity index (χ4v) is 3.67. The molecule has 1 aromatic rings. The molecule has 22 heavy (non-hydrogen) atoms. The second-order valence-electron chi connectivity index (χ2n) is 5.98. The molecule has 1 spiro atoms. The number of para-hydroxylation sites is 1. The molecule has 0 amide bonds. The van der Waals surface area contributed by atoms with Gasteiger partial charge in [0.05, 0.1) is 20.8 Å². The first-order chi connectivity index (χ1) is 10.8. The second-order valence-corrected chi connectivity index (χ2v) is 5.98. The number of methoxy groups -OCH3 is 2. The first-order valence-electron chi connectivity index (χ1n) is 7.56. The molecule has 1 aliphatic carbocycles. The van der Waals surface area contributed by atoms with Gasteiger partial charge in [0.25, 0.3) is 0 Å². The fraction of sp³-hybridized carbons (Fsp3) is 0.389. The summed E-state index contributed by atoms with van der Waals surface area (Å²) in [7, 11) is 3.37. The van der Waals surface area contributed by atoms with Gasteiger partial charge < -0.3 is 14.2 Å². The number of aliphatic imine (C=N–C) groups is 1. The highest BCUT2D eigenvalue weighted by atomic mass is 16.5. The summed E-state index contributed by atoms with van der Waals surface area (Å²) in [5, 5.41) is 0. The normalized spacial score (nSPS) is 28.8. The topological polar surface area (TPSA) is 40.0 Å². The standard InChI is InChI=1S/C18H19NO3/c1-20-16-7-13-10-19-11-18(14(13)8-17(16)21-2)9-12-5-3-4-6-15(12)22-18/h3-6,8,10,13H,7,9,11H2,1-2H3. The van der Waals surface area contributed by atoms with Crippen LogP contribution in [0.15, 0.2) is 52.4 Å². The third kappa shape index (κ3) is 1.86. The Morgan fingerprint density at radius 2 is 2.09 bits per heavy atom. The molecular formula is C18H19NO3. The molecule has 2 aliphatic heterocycles. The van der Waals surface area contributed by atoms with Gasteiger partial charge in [0.1, 0.15) is 11.5 Å². The number of hydrogen-bond acceptors (Lipinski definition) is 4. The molecule has 1 aromatic carbocycles. The zero-order valence-corrected chi connectivity index (χ0v) is 12.8. The quantitative estimate of drug-likeness (QED) is 0.842. The summed E-state index contributed by atoms with van der Waals surface area (Å²) in [5.74, 6) is 2.86. The van der Waals surface area contributed by atoms with Gasteiger partial charge in [-0.05, 0) is 23.3 Å². The Labute approximate surface area is 130 Å². The average molecular weight is 297 g/mol. The summed E-state index contributed by atoms with van der Waals surface area (Å²) in [6.07, 6.45) is 5.75. The van der Waals surface area contributed by atoms with Crippen LogP contribution in [0.2, 0.25) is 0 Å². The van der Waals surface area contributed by atoms with Crippen LogP contribution in [0.5, 0.6) is 5.75 Å². The van der Waals surface area contributed by atoms with Crippen molar-refractivity contribution in [1.29, 1.82) is 0 Å². The van der Waals surface area contributed by atoms with Gasteiger partial charge in [0, 0.05) is 25.0 Å². The van der Waals surface area contributed by atoms with Gasteiger partial charge in [-0.3, -0.25) is 4.99 Å². The molecule has 3 aliphatic rings. The molecule has 0 N–H and O–H groups in total. The van der Waals surface area contributed by atoms with E-state index in [1.807, 2.05) is 18.3 Å². The number of nitrogens with zero attached hydrogens (tertiary/aromatic N) is 1. The van der Waals surface area contributed by atoms with Crippen LogP contribution in [-0.4, -0.2) is 32.6 Å². The number of rotatable bonds is 2. The summed E-state index contributed by atoms with van der Waals surface area (Å²) in [6.45, 7) is 0.656.